The van der Waals surface area contributed by atoms with Crippen molar-refractivity contribution in [3.63, 3.8) is 0 Å². The van der Waals surface area contributed by atoms with E-state index in [0.717, 1.165) is 0 Å². The van der Waals surface area contributed by atoms with E-state index < -0.39 is 0 Å². The summed E-state index contributed by atoms with van der Waals surface area (Å²) in [6, 6.07) is 0. The molecule has 0 saturated carbocycles. The van der Waals surface area contributed by atoms with Gasteiger partial charge in [0.1, 0.15) is 0 Å². The number of rotatable bonds is 1. The Hall–Kier alpha value is -0.740. The summed E-state index contributed by atoms with van der Waals surface area (Å²) >= 11 is 11.0. The molecule has 0 bridgehead atoms. The van der Waals surface area contributed by atoms with Crippen molar-refractivity contribution in [3.8, 4) is 0 Å². The zero-order valence-corrected chi connectivity index (χ0v) is 7.07. The van der Waals surface area contributed by atoms with Crippen LogP contribution in [0.2, 0.25) is 10.4 Å². The molecule has 1 N–H and O–H groups in total. The number of hydrogen-bond donors (Lipinski definition) is 0. The van der Waals surface area contributed by atoms with Crippen LogP contribution in [0.3, 0.4) is 0 Å². The second kappa shape index (κ2) is 3.11. The molecule has 4 nitrogen and oxygen atoms in total. The van der Waals surface area contributed by atoms with Crippen LogP contribution in [-0.2, 0) is 0 Å². The van der Waals surface area contributed by atoms with Crippen LogP contribution in [-0.4, -0.2) is 4.98 Å². The Bertz CT molecular complexity index is 279. The average Bonchev–Trinajstić information content (AvgIpc) is 1.85. The Morgan fingerprint density at radius 1 is 1.55 bits per heavy atom. The molecule has 6 heteroatoms. The molecule has 0 aliphatic carbocycles. The number of aromatic amines is 1. The molecule has 1 aromatic rings. The van der Waals surface area contributed by atoms with Gasteiger partial charge in [0.15, 0.2) is 5.69 Å². The van der Waals surface area contributed by atoms with Crippen LogP contribution in [0.4, 0.5) is 5.69 Å². The first kappa shape index (κ1) is 8.36. The molecule has 0 spiro atoms. The summed E-state index contributed by atoms with van der Waals surface area (Å²) in [5.41, 5.74) is 0.504. The predicted molar refractivity (Wildman–Crippen MR) is 41.0 cm³/mol. The lowest BCUT2D eigenvalue weighted by Gasteiger charge is -1.89. The number of nitrogens with one attached hydrogen (secondary N) is 1. The van der Waals surface area contributed by atoms with Gasteiger partial charge in [-0.2, -0.15) is 0 Å². The maximum atomic E-state index is 10.1. The molecule has 0 amide bonds. The Morgan fingerprint density at radius 2 is 2.18 bits per heavy atom. The van der Waals surface area contributed by atoms with E-state index in [4.69, 9.17) is 23.2 Å². The van der Waals surface area contributed by atoms with Gasteiger partial charge in [-0.1, -0.05) is 0 Å². The average molecular weight is 193 g/mol. The minimum Gasteiger partial charge on any atom is -0.215 e. The molecule has 58 valence electrons. The Kier molecular flexibility index (Phi) is 2.36. The summed E-state index contributed by atoms with van der Waals surface area (Å²) < 4.78 is 0. The van der Waals surface area contributed by atoms with E-state index in [9.17, 15) is 4.91 Å². The fraction of sp³-hybridized carbons (Fsp3) is 0.200. The molecule has 0 aliphatic heterocycles. The van der Waals surface area contributed by atoms with E-state index in [-0.39, 0.29) is 16.1 Å². The van der Waals surface area contributed by atoms with Crippen molar-refractivity contribution in [1.82, 2.24) is 4.98 Å². The lowest BCUT2D eigenvalue weighted by molar-refractivity contribution is -0.376. The third-order valence-corrected chi connectivity index (χ3v) is 1.57. The molecule has 0 aliphatic rings. The van der Waals surface area contributed by atoms with Crippen LogP contribution >= 0.6 is 23.2 Å². The molecule has 0 saturated heterocycles. The van der Waals surface area contributed by atoms with Gasteiger partial charge < -0.3 is 0 Å². The van der Waals surface area contributed by atoms with Gasteiger partial charge in [-0.05, 0) is 21.8 Å². The Labute approximate surface area is 72.5 Å². The molecular formula is C5H4Cl2N3O+. The summed E-state index contributed by atoms with van der Waals surface area (Å²) in [5, 5.41) is 2.92. The maximum Gasteiger partial charge on any atom is 0.395 e. The zero-order valence-electron chi connectivity index (χ0n) is 5.56. The van der Waals surface area contributed by atoms with Gasteiger partial charge in [0.25, 0.3) is 0 Å². The highest BCUT2D eigenvalue weighted by molar-refractivity contribution is 6.31. The standard InChI is InChI=1S/C5H3Cl2N3O/c1-2-3(10-11)4(6)9-5(7)8-2/h1H3/p+1. The molecule has 0 radical (unpaired) electrons. The molecule has 0 atom stereocenters. The van der Waals surface area contributed by atoms with Gasteiger partial charge in [-0.25, -0.2) is 4.98 Å². The number of hydrogen-bond acceptors (Lipinski definition) is 3. The number of H-pyrrole nitrogens is 1. The highest BCUT2D eigenvalue weighted by Crippen LogP contribution is 2.23. The number of aryl methyl sites for hydroxylation is 1. The second-order valence-electron chi connectivity index (χ2n) is 1.87. The van der Waals surface area contributed by atoms with Gasteiger partial charge in [0.2, 0.25) is 10.8 Å². The molecule has 1 rings (SSSR count). The van der Waals surface area contributed by atoms with Crippen LogP contribution in [0, 0.1) is 11.8 Å². The third kappa shape index (κ3) is 1.64. The van der Waals surface area contributed by atoms with E-state index in [1.54, 1.807) is 6.92 Å². The van der Waals surface area contributed by atoms with Crippen molar-refractivity contribution in [2.45, 2.75) is 6.92 Å². The van der Waals surface area contributed by atoms with Crippen molar-refractivity contribution in [1.29, 1.82) is 0 Å². The summed E-state index contributed by atoms with van der Waals surface area (Å²) in [6.45, 7) is 1.60. The summed E-state index contributed by atoms with van der Waals surface area (Å²) in [5.74, 6) is 0. The maximum absolute atomic E-state index is 10.1. The van der Waals surface area contributed by atoms with Gasteiger partial charge >= 0.3 is 5.28 Å². The van der Waals surface area contributed by atoms with Gasteiger partial charge in [0, 0.05) is 18.5 Å². The number of nitroso groups, excluding NO2 is 1. The lowest BCUT2D eigenvalue weighted by atomic mass is 10.4. The van der Waals surface area contributed by atoms with E-state index >= 15 is 0 Å². The van der Waals surface area contributed by atoms with Crippen LogP contribution in [0.5, 0.6) is 0 Å². The van der Waals surface area contributed by atoms with E-state index in [0.29, 0.717) is 5.69 Å². The summed E-state index contributed by atoms with van der Waals surface area (Å²) in [6.07, 6.45) is 0. The quantitative estimate of drug-likeness (QED) is 0.388. The van der Waals surface area contributed by atoms with Crippen LogP contribution in [0.25, 0.3) is 0 Å². The van der Waals surface area contributed by atoms with Crippen molar-refractivity contribution in [2.75, 3.05) is 0 Å². The SMILES string of the molecule is Cc1nc(Cl)[nH+]c(Cl)c1N=O. The van der Waals surface area contributed by atoms with Crippen molar-refractivity contribution >= 4 is 28.9 Å². The topological polar surface area (TPSA) is 56.5 Å². The highest BCUT2D eigenvalue weighted by atomic mass is 35.5. The van der Waals surface area contributed by atoms with E-state index in [1.807, 2.05) is 0 Å². The van der Waals surface area contributed by atoms with Gasteiger partial charge in [-0.3, -0.25) is 0 Å². The van der Waals surface area contributed by atoms with Crippen molar-refractivity contribution in [3.05, 3.63) is 21.0 Å². The van der Waals surface area contributed by atoms with Gasteiger partial charge in [0.05, 0.1) is 0 Å². The number of aromatic nitrogens is 2. The van der Waals surface area contributed by atoms with Crippen LogP contribution < -0.4 is 4.98 Å². The molecular weight excluding hydrogens is 189 g/mol. The first-order valence-corrected chi connectivity index (χ1v) is 3.49. The number of halogens is 2. The largest absolute Gasteiger partial charge is 0.395 e. The van der Waals surface area contributed by atoms with Crippen molar-refractivity contribution in [2.24, 2.45) is 5.18 Å². The molecule has 11 heavy (non-hydrogen) atoms. The third-order valence-electron chi connectivity index (χ3n) is 1.12. The van der Waals surface area contributed by atoms with E-state index in [2.05, 4.69) is 15.1 Å². The van der Waals surface area contributed by atoms with Crippen LogP contribution in [0.1, 0.15) is 5.69 Å². The monoisotopic (exact) mass is 192 g/mol. The predicted octanol–water partition coefficient (Wildman–Crippen LogP) is 1.91. The van der Waals surface area contributed by atoms with Crippen molar-refractivity contribution < 1.29 is 4.98 Å². The fourth-order valence-corrected chi connectivity index (χ4v) is 1.17. The van der Waals surface area contributed by atoms with E-state index in [1.165, 1.54) is 0 Å². The Morgan fingerprint density at radius 3 is 2.64 bits per heavy atom. The molecule has 0 fully saturated rings. The summed E-state index contributed by atoms with van der Waals surface area (Å²) in [7, 11) is 0. The molecule has 1 aromatic heterocycles. The smallest absolute Gasteiger partial charge is 0.215 e. The second-order valence-corrected chi connectivity index (χ2v) is 2.60. The number of nitrogens with zero attached hydrogens (tertiary/aromatic N) is 2. The first-order valence-electron chi connectivity index (χ1n) is 2.73. The Balaban J connectivity index is 3.36. The highest BCUT2D eigenvalue weighted by Gasteiger charge is 2.15. The normalized spacial score (nSPS) is 9.73. The molecule has 0 aromatic carbocycles. The first-order chi connectivity index (χ1) is 5.15. The lowest BCUT2D eigenvalue weighted by Crippen LogP contribution is -2.08. The zero-order chi connectivity index (χ0) is 8.43. The minimum absolute atomic E-state index is 0.0936. The summed E-state index contributed by atoms with van der Waals surface area (Å²) in [4.78, 5) is 16.3. The van der Waals surface area contributed by atoms with Crippen LogP contribution in [0.15, 0.2) is 5.18 Å². The van der Waals surface area contributed by atoms with Gasteiger partial charge in [-0.15, -0.1) is 4.91 Å². The fourth-order valence-electron chi connectivity index (χ4n) is 0.643. The molecule has 0 unspecified atom stereocenters. The molecule has 1 heterocycles. The minimum atomic E-state index is 0.0936.